The molecule has 3 heterocycles. The lowest BCUT2D eigenvalue weighted by atomic mass is 9.83. The summed E-state index contributed by atoms with van der Waals surface area (Å²) in [7, 11) is 0. The Morgan fingerprint density at radius 3 is 2.54 bits per heavy atom. The molecule has 1 fully saturated rings. The van der Waals surface area contributed by atoms with Gasteiger partial charge in [0.2, 0.25) is 5.91 Å². The van der Waals surface area contributed by atoms with E-state index in [1.165, 1.54) is 36.4 Å². The van der Waals surface area contributed by atoms with Crippen LogP contribution in [0.5, 0.6) is 17.2 Å². The largest absolute Gasteiger partial charge is 0.586 e. The van der Waals surface area contributed by atoms with Gasteiger partial charge in [0.15, 0.2) is 11.5 Å². The number of rotatable bonds is 5. The molecule has 2 aromatic carbocycles. The fourth-order valence-electron chi connectivity index (χ4n) is 4.40. The molecule has 1 aromatic heterocycles. The van der Waals surface area contributed by atoms with Crippen LogP contribution in [0, 0.1) is 0 Å². The van der Waals surface area contributed by atoms with Crippen molar-refractivity contribution < 1.29 is 37.7 Å². The Labute approximate surface area is 207 Å². The minimum Gasteiger partial charge on any atom is -0.492 e. The standard InChI is InChI=1S/C25H19F2N3O7/c1-24(11-35-18-10-20-19(8-15(18)24)36-25(26,27)37-20)23(34)28-17-9-16(12-5-6-12)29-30(21(17)31)14-4-2-3-13(7-14)22(32)33/h2-4,7-10,12H,5-6,11H2,1H3,(H,28,34)(H,32,33)/t24-/m0/s1. The second kappa shape index (κ2) is 7.76. The molecule has 0 saturated heterocycles. The Bertz CT molecular complexity index is 1550. The number of amides is 1. The summed E-state index contributed by atoms with van der Waals surface area (Å²) >= 11 is 0. The number of aromatic carboxylic acids is 1. The van der Waals surface area contributed by atoms with Gasteiger partial charge < -0.3 is 24.6 Å². The zero-order valence-electron chi connectivity index (χ0n) is 19.3. The van der Waals surface area contributed by atoms with Crippen molar-refractivity contribution in [3.63, 3.8) is 0 Å². The van der Waals surface area contributed by atoms with Crippen LogP contribution in [0.25, 0.3) is 5.69 Å². The monoisotopic (exact) mass is 511 g/mol. The number of fused-ring (bicyclic) bond motifs is 2. The molecule has 0 radical (unpaired) electrons. The van der Waals surface area contributed by atoms with Crippen molar-refractivity contribution in [3.8, 4) is 22.9 Å². The van der Waals surface area contributed by atoms with Gasteiger partial charge in [0.1, 0.15) is 23.5 Å². The highest BCUT2D eigenvalue weighted by molar-refractivity contribution is 6.00. The van der Waals surface area contributed by atoms with E-state index in [0.717, 1.165) is 17.5 Å². The number of nitrogens with one attached hydrogen (secondary N) is 1. The number of nitrogens with zero attached hydrogens (tertiary/aromatic N) is 2. The van der Waals surface area contributed by atoms with Crippen LogP contribution in [0.1, 0.15) is 47.3 Å². The number of halogens is 2. The molecule has 2 N–H and O–H groups in total. The summed E-state index contributed by atoms with van der Waals surface area (Å²) in [5, 5.41) is 16.4. The number of aromatic nitrogens is 2. The molecular weight excluding hydrogens is 492 g/mol. The zero-order valence-corrected chi connectivity index (χ0v) is 19.3. The maximum Gasteiger partial charge on any atom is 0.586 e. The summed E-state index contributed by atoms with van der Waals surface area (Å²) in [5.74, 6) is -1.90. The topological polar surface area (TPSA) is 129 Å². The average Bonchev–Trinajstić information content (AvgIpc) is 3.58. The molecule has 2 aliphatic heterocycles. The van der Waals surface area contributed by atoms with Gasteiger partial charge in [-0.1, -0.05) is 6.07 Å². The Kier molecular flexibility index (Phi) is 4.81. The molecule has 0 bridgehead atoms. The van der Waals surface area contributed by atoms with Crippen LogP contribution in [0.4, 0.5) is 14.5 Å². The maximum absolute atomic E-state index is 13.5. The highest BCUT2D eigenvalue weighted by atomic mass is 19.3. The summed E-state index contributed by atoms with van der Waals surface area (Å²) in [6.07, 6.45) is -2.09. The molecule has 3 aliphatic rings. The summed E-state index contributed by atoms with van der Waals surface area (Å²) in [4.78, 5) is 38.3. The Balaban J connectivity index is 1.37. The van der Waals surface area contributed by atoms with Gasteiger partial charge >= 0.3 is 12.3 Å². The summed E-state index contributed by atoms with van der Waals surface area (Å²) in [6.45, 7) is 1.45. The first-order chi connectivity index (χ1) is 17.5. The first kappa shape index (κ1) is 23.0. The van der Waals surface area contributed by atoms with Crippen molar-refractivity contribution in [2.75, 3.05) is 11.9 Å². The van der Waals surface area contributed by atoms with Gasteiger partial charge in [0.25, 0.3) is 5.56 Å². The number of hydrogen-bond acceptors (Lipinski definition) is 7. The first-order valence-electron chi connectivity index (χ1n) is 11.4. The van der Waals surface area contributed by atoms with Crippen LogP contribution in [-0.2, 0) is 10.2 Å². The predicted octanol–water partition coefficient (Wildman–Crippen LogP) is 3.42. The van der Waals surface area contributed by atoms with E-state index in [-0.39, 0.29) is 46.7 Å². The maximum atomic E-state index is 13.5. The fourth-order valence-corrected chi connectivity index (χ4v) is 4.40. The molecule has 190 valence electrons. The average molecular weight is 511 g/mol. The van der Waals surface area contributed by atoms with E-state index in [1.807, 2.05) is 0 Å². The smallest absolute Gasteiger partial charge is 0.492 e. The first-order valence-corrected chi connectivity index (χ1v) is 11.4. The van der Waals surface area contributed by atoms with Gasteiger partial charge in [-0.15, -0.1) is 8.78 Å². The molecule has 1 amide bonds. The van der Waals surface area contributed by atoms with Gasteiger partial charge in [0.05, 0.1) is 16.9 Å². The van der Waals surface area contributed by atoms with Crippen LogP contribution >= 0.6 is 0 Å². The van der Waals surface area contributed by atoms with Gasteiger partial charge in [-0.2, -0.15) is 9.78 Å². The third-order valence-corrected chi connectivity index (χ3v) is 6.63. The van der Waals surface area contributed by atoms with Crippen molar-refractivity contribution in [1.82, 2.24) is 9.78 Å². The number of anilines is 1. The predicted molar refractivity (Wildman–Crippen MR) is 123 cm³/mol. The minimum absolute atomic E-state index is 0.0230. The molecule has 0 spiro atoms. The van der Waals surface area contributed by atoms with E-state index >= 15 is 0 Å². The van der Waals surface area contributed by atoms with E-state index in [2.05, 4.69) is 19.9 Å². The van der Waals surface area contributed by atoms with E-state index < -0.39 is 29.1 Å². The number of benzene rings is 2. The van der Waals surface area contributed by atoms with Crippen LogP contribution in [0.3, 0.4) is 0 Å². The van der Waals surface area contributed by atoms with Crippen molar-refractivity contribution in [2.45, 2.75) is 37.4 Å². The minimum atomic E-state index is -3.82. The van der Waals surface area contributed by atoms with Gasteiger partial charge in [-0.05, 0) is 50.1 Å². The molecule has 1 saturated carbocycles. The number of alkyl halides is 2. The summed E-state index contributed by atoms with van der Waals surface area (Å²) < 4.78 is 42.7. The number of carboxylic acids is 1. The van der Waals surface area contributed by atoms with Gasteiger partial charge in [0, 0.05) is 17.5 Å². The Hall–Kier alpha value is -4.48. The second-order valence-electron chi connectivity index (χ2n) is 9.37. The lowest BCUT2D eigenvalue weighted by Gasteiger charge is -2.22. The third-order valence-electron chi connectivity index (χ3n) is 6.63. The number of hydrogen-bond donors (Lipinski definition) is 2. The quantitative estimate of drug-likeness (QED) is 0.533. The molecule has 10 nitrogen and oxygen atoms in total. The van der Waals surface area contributed by atoms with E-state index in [0.29, 0.717) is 11.3 Å². The van der Waals surface area contributed by atoms with E-state index in [9.17, 15) is 28.3 Å². The van der Waals surface area contributed by atoms with Crippen molar-refractivity contribution >= 4 is 17.6 Å². The van der Waals surface area contributed by atoms with Crippen LogP contribution < -0.4 is 25.1 Å². The number of carboxylic acid groups (broad SMARTS) is 1. The third kappa shape index (κ3) is 3.85. The zero-order chi connectivity index (χ0) is 26.1. The summed E-state index contributed by atoms with van der Waals surface area (Å²) in [5.41, 5.74) is -0.958. The molecule has 0 unspecified atom stereocenters. The SMILES string of the molecule is C[C@]1(C(=O)Nc2cc(C3CC3)nn(-c3cccc(C(=O)O)c3)c2=O)COc2cc3c(cc21)OC(F)(F)O3. The highest BCUT2D eigenvalue weighted by Gasteiger charge is 2.49. The molecule has 37 heavy (non-hydrogen) atoms. The van der Waals surface area contributed by atoms with Crippen LogP contribution in [-0.4, -0.2) is 39.7 Å². The Morgan fingerprint density at radius 1 is 1.11 bits per heavy atom. The molecule has 12 heteroatoms. The number of carbonyl (C=O) groups is 2. The van der Waals surface area contributed by atoms with Crippen LogP contribution in [0.15, 0.2) is 47.3 Å². The highest BCUT2D eigenvalue weighted by Crippen LogP contribution is 2.50. The normalized spacial score (nSPS) is 20.7. The van der Waals surface area contributed by atoms with Gasteiger partial charge in [-0.25, -0.2) is 4.79 Å². The van der Waals surface area contributed by atoms with Crippen LogP contribution in [0.2, 0.25) is 0 Å². The lowest BCUT2D eigenvalue weighted by Crippen LogP contribution is -2.41. The van der Waals surface area contributed by atoms with E-state index in [4.69, 9.17) is 4.74 Å². The lowest BCUT2D eigenvalue weighted by molar-refractivity contribution is -0.286. The van der Waals surface area contributed by atoms with Crippen molar-refractivity contribution in [1.29, 1.82) is 0 Å². The van der Waals surface area contributed by atoms with Crippen molar-refractivity contribution in [3.05, 3.63) is 69.6 Å². The Morgan fingerprint density at radius 2 is 1.84 bits per heavy atom. The molecule has 1 aliphatic carbocycles. The molecule has 3 aromatic rings. The van der Waals surface area contributed by atoms with E-state index in [1.54, 1.807) is 13.0 Å². The number of carbonyl (C=O) groups excluding carboxylic acids is 1. The molecule has 6 rings (SSSR count). The fraction of sp³-hybridized carbons (Fsp3) is 0.280. The second-order valence-corrected chi connectivity index (χ2v) is 9.37. The number of ether oxygens (including phenoxy) is 3. The van der Waals surface area contributed by atoms with Gasteiger partial charge in [-0.3, -0.25) is 9.59 Å². The molecular formula is C25H19F2N3O7. The molecule has 1 atom stereocenters. The van der Waals surface area contributed by atoms with Crippen molar-refractivity contribution in [2.24, 2.45) is 0 Å². The summed E-state index contributed by atoms with van der Waals surface area (Å²) in [6, 6.07) is 9.78.